The molecule has 28 heavy (non-hydrogen) atoms. The molecule has 0 bridgehead atoms. The van der Waals surface area contributed by atoms with Crippen molar-refractivity contribution in [3.05, 3.63) is 96.1 Å². The number of benzene rings is 4. The highest BCUT2D eigenvalue weighted by atomic mass is 14.1. The van der Waals surface area contributed by atoms with Gasteiger partial charge in [-0.25, -0.2) is 0 Å². The standard InChI is InChI=1S/C28H30/c1(3-5-13-23-17-11-19-25-15-7-9-21-27(23)25)2-4-6-14-24-18-12-20-26-16-8-10-22-28(24)26/h7-12,15-22H,1-6,13-14H2. The first-order valence-corrected chi connectivity index (χ1v) is 10.8. The van der Waals surface area contributed by atoms with Crippen LogP contribution in [0, 0.1) is 0 Å². The van der Waals surface area contributed by atoms with Gasteiger partial charge in [0.15, 0.2) is 0 Å². The molecule has 0 spiro atoms. The highest BCUT2D eigenvalue weighted by Gasteiger charge is 2.02. The molecule has 0 amide bonds. The van der Waals surface area contributed by atoms with E-state index in [4.69, 9.17) is 0 Å². The summed E-state index contributed by atoms with van der Waals surface area (Å²) in [6.45, 7) is 0. The Bertz CT molecular complexity index is 932. The minimum Gasteiger partial charge on any atom is -0.0616 e. The predicted octanol–water partition coefficient (Wildman–Crippen LogP) is 8.12. The van der Waals surface area contributed by atoms with Crippen LogP contribution in [0.25, 0.3) is 21.5 Å². The van der Waals surface area contributed by atoms with Crippen molar-refractivity contribution in [2.45, 2.75) is 51.4 Å². The van der Waals surface area contributed by atoms with Crippen molar-refractivity contribution in [1.29, 1.82) is 0 Å². The molecule has 0 aliphatic carbocycles. The first-order chi connectivity index (χ1) is 13.9. The molecule has 0 nitrogen and oxygen atoms in total. The van der Waals surface area contributed by atoms with Crippen molar-refractivity contribution in [3.63, 3.8) is 0 Å². The van der Waals surface area contributed by atoms with E-state index in [0.29, 0.717) is 0 Å². The van der Waals surface area contributed by atoms with Crippen LogP contribution in [0.3, 0.4) is 0 Å². The lowest BCUT2D eigenvalue weighted by atomic mass is 9.98. The fraction of sp³-hybridized carbons (Fsp3) is 0.286. The van der Waals surface area contributed by atoms with E-state index >= 15 is 0 Å². The molecule has 0 N–H and O–H groups in total. The Morgan fingerprint density at radius 2 is 0.750 bits per heavy atom. The number of unbranched alkanes of at least 4 members (excludes halogenated alkanes) is 5. The zero-order chi connectivity index (χ0) is 19.0. The van der Waals surface area contributed by atoms with Gasteiger partial charge in [0, 0.05) is 0 Å². The molecule has 0 heterocycles. The van der Waals surface area contributed by atoms with Crippen LogP contribution in [-0.2, 0) is 12.8 Å². The Kier molecular flexibility index (Phi) is 6.40. The highest BCUT2D eigenvalue weighted by Crippen LogP contribution is 2.22. The molecule has 4 aromatic rings. The summed E-state index contributed by atoms with van der Waals surface area (Å²) in [6, 6.07) is 31.0. The van der Waals surface area contributed by atoms with E-state index < -0.39 is 0 Å². The SMILES string of the molecule is c1ccc2c(CCCCCCCCc3cccc4ccccc34)cccc2c1. The summed E-state index contributed by atoms with van der Waals surface area (Å²) in [7, 11) is 0. The van der Waals surface area contributed by atoms with Crippen molar-refractivity contribution < 1.29 is 0 Å². The fourth-order valence-electron chi connectivity index (χ4n) is 4.36. The van der Waals surface area contributed by atoms with Crippen molar-refractivity contribution >= 4 is 21.5 Å². The summed E-state index contributed by atoms with van der Waals surface area (Å²) < 4.78 is 0. The zero-order valence-corrected chi connectivity index (χ0v) is 16.7. The van der Waals surface area contributed by atoms with Crippen molar-refractivity contribution in [2.24, 2.45) is 0 Å². The quantitative estimate of drug-likeness (QED) is 0.262. The van der Waals surface area contributed by atoms with Gasteiger partial charge in [0.25, 0.3) is 0 Å². The number of hydrogen-bond donors (Lipinski definition) is 0. The first kappa shape index (κ1) is 18.7. The van der Waals surface area contributed by atoms with Crippen LogP contribution >= 0.6 is 0 Å². The van der Waals surface area contributed by atoms with Crippen molar-refractivity contribution in [2.75, 3.05) is 0 Å². The van der Waals surface area contributed by atoms with Crippen molar-refractivity contribution in [1.82, 2.24) is 0 Å². The van der Waals surface area contributed by atoms with E-state index in [9.17, 15) is 0 Å². The van der Waals surface area contributed by atoms with Gasteiger partial charge in [-0.15, -0.1) is 0 Å². The largest absolute Gasteiger partial charge is 0.0616 e. The minimum absolute atomic E-state index is 1.21. The van der Waals surface area contributed by atoms with Crippen LogP contribution in [0.5, 0.6) is 0 Å². The van der Waals surface area contributed by atoms with Gasteiger partial charge >= 0.3 is 0 Å². The summed E-state index contributed by atoms with van der Waals surface area (Å²) >= 11 is 0. The van der Waals surface area contributed by atoms with Crippen LogP contribution in [0.15, 0.2) is 84.9 Å². The molecule has 4 aromatic carbocycles. The number of fused-ring (bicyclic) bond motifs is 2. The molecule has 0 heteroatoms. The van der Waals surface area contributed by atoms with E-state index in [1.54, 1.807) is 0 Å². The maximum Gasteiger partial charge on any atom is -0.0152 e. The van der Waals surface area contributed by atoms with Gasteiger partial charge in [-0.1, -0.05) is 111 Å². The average molecular weight is 367 g/mol. The molecule has 0 aliphatic heterocycles. The second-order valence-electron chi connectivity index (χ2n) is 7.90. The monoisotopic (exact) mass is 366 g/mol. The lowest BCUT2D eigenvalue weighted by molar-refractivity contribution is 0.595. The molecule has 0 unspecified atom stereocenters. The van der Waals surface area contributed by atoms with Gasteiger partial charge in [-0.3, -0.25) is 0 Å². The molecular weight excluding hydrogens is 336 g/mol. The van der Waals surface area contributed by atoms with Crippen LogP contribution < -0.4 is 0 Å². The Morgan fingerprint density at radius 3 is 1.25 bits per heavy atom. The van der Waals surface area contributed by atoms with Gasteiger partial charge in [-0.2, -0.15) is 0 Å². The van der Waals surface area contributed by atoms with E-state index in [1.165, 1.54) is 84.0 Å². The Balaban J connectivity index is 1.16. The Labute approximate surface area is 169 Å². The summed E-state index contributed by atoms with van der Waals surface area (Å²) in [4.78, 5) is 0. The van der Waals surface area contributed by atoms with E-state index in [-0.39, 0.29) is 0 Å². The van der Waals surface area contributed by atoms with Gasteiger partial charge in [0.05, 0.1) is 0 Å². The summed E-state index contributed by atoms with van der Waals surface area (Å²) in [5.41, 5.74) is 3.02. The molecule has 0 saturated heterocycles. The van der Waals surface area contributed by atoms with Crippen molar-refractivity contribution in [3.8, 4) is 0 Å². The first-order valence-electron chi connectivity index (χ1n) is 10.8. The van der Waals surface area contributed by atoms with Crippen LogP contribution in [0.1, 0.15) is 49.7 Å². The van der Waals surface area contributed by atoms with Crippen LogP contribution in [0.2, 0.25) is 0 Å². The lowest BCUT2D eigenvalue weighted by Crippen LogP contribution is -1.90. The second kappa shape index (κ2) is 9.55. The molecule has 0 atom stereocenters. The zero-order valence-electron chi connectivity index (χ0n) is 16.7. The molecule has 142 valence electrons. The van der Waals surface area contributed by atoms with Crippen LogP contribution in [-0.4, -0.2) is 0 Å². The highest BCUT2D eigenvalue weighted by molar-refractivity contribution is 5.86. The van der Waals surface area contributed by atoms with E-state index in [2.05, 4.69) is 84.9 Å². The molecule has 4 rings (SSSR count). The van der Waals surface area contributed by atoms with Crippen LogP contribution in [0.4, 0.5) is 0 Å². The van der Waals surface area contributed by atoms with Gasteiger partial charge in [0.2, 0.25) is 0 Å². The molecule has 0 fully saturated rings. The molecular formula is C28H30. The Hall–Kier alpha value is -2.60. The fourth-order valence-corrected chi connectivity index (χ4v) is 4.36. The van der Waals surface area contributed by atoms with Gasteiger partial charge in [0.1, 0.15) is 0 Å². The third-order valence-corrected chi connectivity index (χ3v) is 5.90. The third-order valence-electron chi connectivity index (χ3n) is 5.90. The predicted molar refractivity (Wildman–Crippen MR) is 123 cm³/mol. The summed E-state index contributed by atoms with van der Waals surface area (Å²) in [5, 5.41) is 5.60. The van der Waals surface area contributed by atoms with Gasteiger partial charge in [-0.05, 0) is 58.4 Å². The topological polar surface area (TPSA) is 0 Å². The Morgan fingerprint density at radius 1 is 0.357 bits per heavy atom. The minimum atomic E-state index is 1.21. The molecule has 0 aromatic heterocycles. The molecule has 0 saturated carbocycles. The van der Waals surface area contributed by atoms with E-state index in [0.717, 1.165) is 0 Å². The molecule has 0 aliphatic rings. The normalized spacial score (nSPS) is 11.3. The number of hydrogen-bond acceptors (Lipinski definition) is 0. The maximum atomic E-state index is 2.30. The third kappa shape index (κ3) is 4.62. The summed E-state index contributed by atoms with van der Waals surface area (Å²) in [5.74, 6) is 0. The molecule has 0 radical (unpaired) electrons. The number of rotatable bonds is 9. The summed E-state index contributed by atoms with van der Waals surface area (Å²) in [6.07, 6.45) is 10.4. The maximum absolute atomic E-state index is 2.30. The average Bonchev–Trinajstić information content (AvgIpc) is 2.76. The van der Waals surface area contributed by atoms with Gasteiger partial charge < -0.3 is 0 Å². The number of aryl methyl sites for hydroxylation is 2. The lowest BCUT2D eigenvalue weighted by Gasteiger charge is -2.08. The smallest absolute Gasteiger partial charge is 0.0152 e. The second-order valence-corrected chi connectivity index (χ2v) is 7.90. The van der Waals surface area contributed by atoms with E-state index in [1.807, 2.05) is 0 Å².